The van der Waals surface area contributed by atoms with E-state index >= 15 is 0 Å². The highest BCUT2D eigenvalue weighted by atomic mass is 28.4. The minimum Gasteiger partial charge on any atom is -0.405 e. The van der Waals surface area contributed by atoms with Crippen LogP contribution in [0.3, 0.4) is 0 Å². The zero-order chi connectivity index (χ0) is 19.8. The maximum absolute atomic E-state index is 7.18. The molecule has 1 saturated heterocycles. The molecule has 0 radical (unpaired) electrons. The second kappa shape index (κ2) is 7.53. The van der Waals surface area contributed by atoms with Crippen molar-refractivity contribution >= 4 is 18.7 Å². The van der Waals surface area contributed by atoms with Gasteiger partial charge in [0.2, 0.25) is 0 Å². The fourth-order valence-corrected chi connectivity index (χ4v) is 9.87. The summed E-state index contributed by atoms with van der Waals surface area (Å²) in [6.45, 7) is 11.4. The number of rotatable bonds is 5. The minimum atomic E-state index is -2.43. The summed E-state index contributed by atoms with van der Waals surface area (Å²) < 4.78 is 7.18. The lowest BCUT2D eigenvalue weighted by Crippen LogP contribution is -2.67. The Morgan fingerprint density at radius 1 is 0.964 bits per heavy atom. The van der Waals surface area contributed by atoms with Gasteiger partial charge >= 0.3 is 0 Å². The van der Waals surface area contributed by atoms with Crippen LogP contribution >= 0.6 is 0 Å². The first kappa shape index (κ1) is 19.5. The van der Waals surface area contributed by atoms with Crippen molar-refractivity contribution in [1.82, 2.24) is 4.90 Å². The number of hydrogen-bond acceptors (Lipinski definition) is 2. The Hall–Kier alpha value is -1.84. The van der Waals surface area contributed by atoms with Crippen LogP contribution in [-0.4, -0.2) is 32.4 Å². The fourth-order valence-electron chi connectivity index (χ4n) is 5.27. The molecule has 0 N–H and O–H groups in total. The van der Waals surface area contributed by atoms with E-state index in [4.69, 9.17) is 4.43 Å². The number of fused-ring (bicyclic) bond motifs is 1. The number of benzene rings is 2. The molecule has 0 amide bonds. The lowest BCUT2D eigenvalue weighted by atomic mass is 10.1. The Labute approximate surface area is 171 Å². The third-order valence-corrected chi connectivity index (χ3v) is 11.5. The molecule has 2 heterocycles. The predicted molar refractivity (Wildman–Crippen MR) is 121 cm³/mol. The summed E-state index contributed by atoms with van der Waals surface area (Å²) >= 11 is 0. The molecule has 2 aliphatic heterocycles. The first-order valence-corrected chi connectivity index (χ1v) is 12.6. The summed E-state index contributed by atoms with van der Waals surface area (Å²) in [6, 6.07) is 22.5. The number of hydrogen-bond donors (Lipinski definition) is 0. The molecule has 4 rings (SSSR count). The summed E-state index contributed by atoms with van der Waals surface area (Å²) in [7, 11) is -2.43. The van der Waals surface area contributed by atoms with Gasteiger partial charge < -0.3 is 9.33 Å². The first-order chi connectivity index (χ1) is 13.4. The van der Waals surface area contributed by atoms with Crippen LogP contribution in [0.2, 0.25) is 5.04 Å². The van der Waals surface area contributed by atoms with Crippen LogP contribution < -0.4 is 10.4 Å². The van der Waals surface area contributed by atoms with Gasteiger partial charge in [0.05, 0.1) is 12.6 Å². The van der Waals surface area contributed by atoms with Crippen molar-refractivity contribution in [3.63, 3.8) is 0 Å². The third kappa shape index (κ3) is 3.25. The molecule has 28 heavy (non-hydrogen) atoms. The highest BCUT2D eigenvalue weighted by Crippen LogP contribution is 2.40. The highest BCUT2D eigenvalue weighted by Gasteiger charge is 2.51. The summed E-state index contributed by atoms with van der Waals surface area (Å²) in [6.07, 6.45) is 4.84. The molecular weight excluding hydrogens is 358 g/mol. The third-order valence-electron chi connectivity index (χ3n) is 6.54. The van der Waals surface area contributed by atoms with Gasteiger partial charge in [-0.15, -0.1) is 0 Å². The average Bonchev–Trinajstić information content (AvgIpc) is 3.28. The van der Waals surface area contributed by atoms with Gasteiger partial charge in [-0.2, -0.15) is 0 Å². The Morgan fingerprint density at radius 3 is 2.07 bits per heavy atom. The van der Waals surface area contributed by atoms with Crippen LogP contribution in [0, 0.1) is 5.92 Å². The van der Waals surface area contributed by atoms with Crippen LogP contribution in [0.5, 0.6) is 0 Å². The minimum absolute atomic E-state index is 0.0452. The van der Waals surface area contributed by atoms with Crippen molar-refractivity contribution in [1.29, 1.82) is 0 Å². The Morgan fingerprint density at radius 2 is 1.54 bits per heavy atom. The molecule has 0 aromatic heterocycles. The van der Waals surface area contributed by atoms with Crippen molar-refractivity contribution in [2.75, 3.05) is 13.2 Å². The van der Waals surface area contributed by atoms with Gasteiger partial charge in [0.1, 0.15) is 0 Å². The van der Waals surface area contributed by atoms with E-state index in [9.17, 15) is 0 Å². The van der Waals surface area contributed by atoms with E-state index in [-0.39, 0.29) is 5.04 Å². The molecule has 2 atom stereocenters. The van der Waals surface area contributed by atoms with Gasteiger partial charge in [0, 0.05) is 12.2 Å². The highest BCUT2D eigenvalue weighted by molar-refractivity contribution is 6.99. The van der Waals surface area contributed by atoms with Crippen molar-refractivity contribution in [3.8, 4) is 0 Å². The van der Waals surface area contributed by atoms with Gasteiger partial charge in [0.25, 0.3) is 8.32 Å². The van der Waals surface area contributed by atoms with Gasteiger partial charge in [-0.05, 0) is 34.2 Å². The van der Waals surface area contributed by atoms with Crippen LogP contribution in [0.25, 0.3) is 0 Å². The monoisotopic (exact) mass is 391 g/mol. The lowest BCUT2D eigenvalue weighted by Gasteiger charge is -2.44. The smallest absolute Gasteiger partial charge is 0.261 e. The average molecular weight is 392 g/mol. The second-order valence-electron chi connectivity index (χ2n) is 9.38. The number of allylic oxidation sites excluding steroid dienone is 1. The van der Waals surface area contributed by atoms with Crippen molar-refractivity contribution in [2.24, 2.45) is 5.92 Å². The Kier molecular flexibility index (Phi) is 5.24. The van der Waals surface area contributed by atoms with E-state index in [2.05, 4.69) is 99.3 Å². The van der Waals surface area contributed by atoms with Crippen molar-refractivity contribution in [3.05, 3.63) is 72.4 Å². The van der Waals surface area contributed by atoms with Gasteiger partial charge in [-0.3, -0.25) is 0 Å². The van der Waals surface area contributed by atoms with E-state index < -0.39 is 8.32 Å². The molecule has 1 fully saturated rings. The number of nitrogens with zero attached hydrogens (tertiary/aromatic N) is 1. The molecule has 2 aromatic rings. The zero-order valence-electron chi connectivity index (χ0n) is 17.7. The molecule has 148 valence electrons. The van der Waals surface area contributed by atoms with E-state index in [1.807, 2.05) is 0 Å². The van der Waals surface area contributed by atoms with Crippen LogP contribution in [-0.2, 0) is 4.43 Å². The standard InChI is InChI=1S/C25H33NOSi/c1-20-18-21(26-17-11-16-24(20)26)19-27-28(25(2,3)4,22-12-7-5-8-13-22)23-14-9-6-10-15-23/h5-10,12-16,20-21H,11,17-19H2,1-4H3/t20-,21+/m1/s1. The summed E-state index contributed by atoms with van der Waals surface area (Å²) in [5.74, 6) is 0.662. The SMILES string of the molecule is C[C@@H]1C[C@@H](CO[Si](c2ccccc2)(c2ccccc2)C(C)(C)C)N2CCC=C12. The molecule has 0 unspecified atom stereocenters. The van der Waals surface area contributed by atoms with E-state index in [0.717, 1.165) is 13.2 Å². The molecule has 2 aromatic carbocycles. The first-order valence-electron chi connectivity index (χ1n) is 10.6. The van der Waals surface area contributed by atoms with Crippen LogP contribution in [0.15, 0.2) is 72.4 Å². The van der Waals surface area contributed by atoms with Crippen LogP contribution in [0.4, 0.5) is 0 Å². The zero-order valence-corrected chi connectivity index (χ0v) is 18.7. The summed E-state index contributed by atoms with van der Waals surface area (Å²) in [5, 5.41) is 2.79. The summed E-state index contributed by atoms with van der Waals surface area (Å²) in [5.41, 5.74) is 1.55. The van der Waals surface area contributed by atoms with E-state index in [0.29, 0.717) is 12.0 Å². The van der Waals surface area contributed by atoms with Crippen molar-refractivity contribution < 1.29 is 4.43 Å². The molecule has 2 aliphatic rings. The largest absolute Gasteiger partial charge is 0.405 e. The van der Waals surface area contributed by atoms with Gasteiger partial charge in [-0.25, -0.2) is 0 Å². The lowest BCUT2D eigenvalue weighted by molar-refractivity contribution is 0.190. The molecule has 3 heteroatoms. The molecule has 0 bridgehead atoms. The van der Waals surface area contributed by atoms with Crippen LogP contribution in [0.1, 0.15) is 40.5 Å². The molecule has 0 spiro atoms. The normalized spacial score (nSPS) is 22.3. The van der Waals surface area contributed by atoms with Gasteiger partial charge in [0.15, 0.2) is 0 Å². The molecule has 0 aliphatic carbocycles. The quantitative estimate of drug-likeness (QED) is 0.693. The fraction of sp³-hybridized carbons (Fsp3) is 0.440. The molecule has 2 nitrogen and oxygen atoms in total. The molecular formula is C25H33NOSi. The Bertz CT molecular complexity index is 785. The second-order valence-corrected chi connectivity index (χ2v) is 13.7. The van der Waals surface area contributed by atoms with E-state index in [1.165, 1.54) is 23.2 Å². The predicted octanol–water partition coefficient (Wildman–Crippen LogP) is 4.56. The molecule has 0 saturated carbocycles. The van der Waals surface area contributed by atoms with Crippen molar-refractivity contribution in [2.45, 2.75) is 51.6 Å². The van der Waals surface area contributed by atoms with Gasteiger partial charge in [-0.1, -0.05) is 94.4 Å². The Balaban J connectivity index is 1.72. The topological polar surface area (TPSA) is 12.5 Å². The maximum atomic E-state index is 7.18. The van der Waals surface area contributed by atoms with E-state index in [1.54, 1.807) is 5.70 Å². The maximum Gasteiger partial charge on any atom is 0.261 e. The summed E-state index contributed by atoms with van der Waals surface area (Å²) in [4.78, 5) is 2.61.